The van der Waals surface area contributed by atoms with Crippen LogP contribution in [0.5, 0.6) is 0 Å². The first kappa shape index (κ1) is 23.2. The largest absolute Gasteiger partial charge is 0.461 e. The van der Waals surface area contributed by atoms with Crippen LogP contribution in [0.15, 0.2) is 42.7 Å². The van der Waals surface area contributed by atoms with Crippen LogP contribution in [0.2, 0.25) is 0 Å². The minimum atomic E-state index is -0.341. The standard InChI is InChI=1S/C25H33N5O3/c31-24(33-17-20-7-3-1-4-8-20)13-14-28-29-25(32)22-15-23(27-18-26-22)30(16-19-11-12-19)21-9-5-2-6-10-21/h1,3-4,7-8,15,18-19,21,28H,2,5-6,9-14,16-17H2,(H,29,32). The SMILES string of the molecule is O=C(CCNNC(=O)c1cc(N(CC2CC2)C2CCCCC2)ncn1)OCc1ccccc1. The molecule has 0 radical (unpaired) electrons. The molecule has 0 saturated heterocycles. The van der Waals surface area contributed by atoms with Gasteiger partial charge in [-0.3, -0.25) is 15.0 Å². The molecular formula is C25H33N5O3. The van der Waals surface area contributed by atoms with E-state index in [1.807, 2.05) is 30.3 Å². The van der Waals surface area contributed by atoms with Crippen molar-refractivity contribution in [2.45, 2.75) is 64.0 Å². The van der Waals surface area contributed by atoms with E-state index in [4.69, 9.17) is 4.74 Å². The van der Waals surface area contributed by atoms with Crippen LogP contribution in [0, 0.1) is 5.92 Å². The van der Waals surface area contributed by atoms with E-state index in [1.165, 1.54) is 51.3 Å². The Morgan fingerprint density at radius 1 is 1.03 bits per heavy atom. The van der Waals surface area contributed by atoms with Crippen LogP contribution in [0.3, 0.4) is 0 Å². The molecule has 8 nitrogen and oxygen atoms in total. The topological polar surface area (TPSA) is 96.5 Å². The van der Waals surface area contributed by atoms with Gasteiger partial charge in [-0.1, -0.05) is 49.6 Å². The Morgan fingerprint density at radius 2 is 1.82 bits per heavy atom. The van der Waals surface area contributed by atoms with Gasteiger partial charge in [-0.2, -0.15) is 0 Å². The third kappa shape index (κ3) is 7.25. The Labute approximate surface area is 195 Å². The Bertz CT molecular complexity index is 913. The number of rotatable bonds is 11. The van der Waals surface area contributed by atoms with E-state index >= 15 is 0 Å². The lowest BCUT2D eigenvalue weighted by Crippen LogP contribution is -2.40. The predicted molar refractivity (Wildman–Crippen MR) is 125 cm³/mol. The summed E-state index contributed by atoms with van der Waals surface area (Å²) in [7, 11) is 0. The molecule has 1 aromatic heterocycles. The van der Waals surface area contributed by atoms with Gasteiger partial charge in [-0.15, -0.1) is 0 Å². The number of hydrogen-bond donors (Lipinski definition) is 2. The predicted octanol–water partition coefficient (Wildman–Crippen LogP) is 3.39. The molecule has 1 amide bonds. The zero-order valence-corrected chi connectivity index (χ0v) is 19.0. The molecule has 2 aromatic rings. The maximum Gasteiger partial charge on any atom is 0.307 e. The number of nitrogens with one attached hydrogen (secondary N) is 2. The van der Waals surface area contributed by atoms with Gasteiger partial charge in [0.1, 0.15) is 24.4 Å². The highest BCUT2D eigenvalue weighted by molar-refractivity contribution is 5.92. The third-order valence-electron chi connectivity index (χ3n) is 6.25. The van der Waals surface area contributed by atoms with Crippen molar-refractivity contribution in [2.24, 2.45) is 5.92 Å². The van der Waals surface area contributed by atoms with Gasteiger partial charge < -0.3 is 9.64 Å². The highest BCUT2D eigenvalue weighted by Gasteiger charge is 2.30. The summed E-state index contributed by atoms with van der Waals surface area (Å²) in [6, 6.07) is 11.8. The molecule has 2 N–H and O–H groups in total. The molecule has 0 unspecified atom stereocenters. The Kier molecular flexibility index (Phi) is 8.24. The van der Waals surface area contributed by atoms with Gasteiger partial charge in [0.2, 0.25) is 0 Å². The fourth-order valence-electron chi connectivity index (χ4n) is 4.21. The molecule has 1 heterocycles. The minimum absolute atomic E-state index is 0.152. The number of esters is 1. The summed E-state index contributed by atoms with van der Waals surface area (Å²) >= 11 is 0. The molecule has 33 heavy (non-hydrogen) atoms. The molecule has 0 atom stereocenters. The van der Waals surface area contributed by atoms with Crippen molar-refractivity contribution < 1.29 is 14.3 Å². The summed E-state index contributed by atoms with van der Waals surface area (Å²) < 4.78 is 5.24. The van der Waals surface area contributed by atoms with Crippen LogP contribution < -0.4 is 15.8 Å². The molecule has 176 valence electrons. The van der Waals surface area contributed by atoms with Crippen molar-refractivity contribution in [2.75, 3.05) is 18.0 Å². The van der Waals surface area contributed by atoms with Gasteiger partial charge in [-0.25, -0.2) is 15.4 Å². The average Bonchev–Trinajstić information content (AvgIpc) is 3.69. The van der Waals surface area contributed by atoms with Gasteiger partial charge in [0, 0.05) is 25.2 Å². The van der Waals surface area contributed by atoms with Crippen molar-refractivity contribution in [3.63, 3.8) is 0 Å². The molecule has 4 rings (SSSR count). The Balaban J connectivity index is 1.24. The van der Waals surface area contributed by atoms with Crippen molar-refractivity contribution in [3.8, 4) is 0 Å². The fraction of sp³-hybridized carbons (Fsp3) is 0.520. The number of hydrogen-bond acceptors (Lipinski definition) is 7. The summed E-state index contributed by atoms with van der Waals surface area (Å²) in [5, 5.41) is 0. The minimum Gasteiger partial charge on any atom is -0.461 e. The normalized spacial score (nSPS) is 16.2. The first-order valence-electron chi connectivity index (χ1n) is 12.0. The maximum atomic E-state index is 12.6. The number of aromatic nitrogens is 2. The highest BCUT2D eigenvalue weighted by Crippen LogP contribution is 2.34. The summed E-state index contributed by atoms with van der Waals surface area (Å²) in [5.74, 6) is 0.903. The molecule has 8 heteroatoms. The summed E-state index contributed by atoms with van der Waals surface area (Å²) in [4.78, 5) is 35.5. The van der Waals surface area contributed by atoms with Crippen molar-refractivity contribution in [1.82, 2.24) is 20.8 Å². The lowest BCUT2D eigenvalue weighted by Gasteiger charge is -2.35. The average molecular weight is 452 g/mol. The molecule has 2 saturated carbocycles. The van der Waals surface area contributed by atoms with E-state index in [0.717, 1.165) is 23.8 Å². The number of amides is 1. The summed E-state index contributed by atoms with van der Waals surface area (Å²) in [6.45, 7) is 1.52. The molecule has 0 aliphatic heterocycles. The zero-order valence-electron chi connectivity index (χ0n) is 19.0. The Morgan fingerprint density at radius 3 is 2.58 bits per heavy atom. The number of ether oxygens (including phenoxy) is 1. The van der Waals surface area contributed by atoms with Gasteiger partial charge in [0.15, 0.2) is 0 Å². The second-order valence-electron chi connectivity index (χ2n) is 8.93. The van der Waals surface area contributed by atoms with Crippen LogP contribution in [-0.2, 0) is 16.1 Å². The lowest BCUT2D eigenvalue weighted by atomic mass is 9.94. The number of carbonyl (C=O) groups is 2. The second kappa shape index (κ2) is 11.7. The number of benzene rings is 1. The quantitative estimate of drug-likeness (QED) is 0.307. The first-order chi connectivity index (χ1) is 16.2. The van der Waals surface area contributed by atoms with Gasteiger partial charge in [0.05, 0.1) is 6.42 Å². The van der Waals surface area contributed by atoms with Crippen LogP contribution in [0.25, 0.3) is 0 Å². The lowest BCUT2D eigenvalue weighted by molar-refractivity contribution is -0.144. The van der Waals surface area contributed by atoms with E-state index < -0.39 is 0 Å². The van der Waals surface area contributed by atoms with Crippen LogP contribution in [0.1, 0.15) is 67.4 Å². The van der Waals surface area contributed by atoms with Gasteiger partial charge in [0.25, 0.3) is 5.91 Å². The highest BCUT2D eigenvalue weighted by atomic mass is 16.5. The molecule has 2 aliphatic rings. The number of carbonyl (C=O) groups excluding carboxylic acids is 2. The second-order valence-corrected chi connectivity index (χ2v) is 8.93. The number of nitrogens with zero attached hydrogens (tertiary/aromatic N) is 3. The van der Waals surface area contributed by atoms with Crippen LogP contribution >= 0.6 is 0 Å². The molecule has 0 bridgehead atoms. The number of hydrazine groups is 1. The summed E-state index contributed by atoms with van der Waals surface area (Å²) in [6.07, 6.45) is 10.3. The van der Waals surface area contributed by atoms with E-state index in [9.17, 15) is 9.59 Å². The van der Waals surface area contributed by atoms with E-state index in [1.54, 1.807) is 6.07 Å². The fourth-order valence-corrected chi connectivity index (χ4v) is 4.21. The van der Waals surface area contributed by atoms with Crippen LogP contribution in [0.4, 0.5) is 5.82 Å². The van der Waals surface area contributed by atoms with E-state index in [2.05, 4.69) is 25.7 Å². The Hall–Kier alpha value is -3.00. The molecule has 2 fully saturated rings. The zero-order chi connectivity index (χ0) is 22.9. The smallest absolute Gasteiger partial charge is 0.307 e. The first-order valence-corrected chi connectivity index (χ1v) is 12.0. The van der Waals surface area contributed by atoms with Crippen molar-refractivity contribution >= 4 is 17.7 Å². The van der Waals surface area contributed by atoms with Crippen molar-refractivity contribution in [1.29, 1.82) is 0 Å². The van der Waals surface area contributed by atoms with Crippen LogP contribution in [-0.4, -0.2) is 41.0 Å². The van der Waals surface area contributed by atoms with E-state index in [0.29, 0.717) is 11.7 Å². The summed E-state index contributed by atoms with van der Waals surface area (Å²) in [5.41, 5.74) is 6.67. The molecule has 2 aliphatic carbocycles. The molecule has 0 spiro atoms. The maximum absolute atomic E-state index is 12.6. The molecular weight excluding hydrogens is 418 g/mol. The van der Waals surface area contributed by atoms with Gasteiger partial charge in [-0.05, 0) is 37.2 Å². The third-order valence-corrected chi connectivity index (χ3v) is 6.25. The monoisotopic (exact) mass is 451 g/mol. The van der Waals surface area contributed by atoms with Crippen molar-refractivity contribution in [3.05, 3.63) is 54.0 Å². The van der Waals surface area contributed by atoms with E-state index in [-0.39, 0.29) is 31.4 Å². The molecule has 1 aromatic carbocycles. The number of anilines is 1. The van der Waals surface area contributed by atoms with Gasteiger partial charge >= 0.3 is 5.97 Å².